The molecule has 0 heterocycles. The summed E-state index contributed by atoms with van der Waals surface area (Å²) in [5, 5.41) is 0. The van der Waals surface area contributed by atoms with Crippen molar-refractivity contribution in [3.63, 3.8) is 0 Å². The van der Waals surface area contributed by atoms with Gasteiger partial charge in [-0.05, 0) is 4.20 Å². The normalized spacial score (nSPS) is 10.6. The Morgan fingerprint density at radius 1 is 0.875 bits per heavy atom. The van der Waals surface area contributed by atoms with E-state index < -0.39 is 52.8 Å². The van der Waals surface area contributed by atoms with E-state index >= 15 is 0 Å². The van der Waals surface area contributed by atoms with Gasteiger partial charge in [0, 0.05) is 19.7 Å². The van der Waals surface area contributed by atoms with E-state index in [9.17, 15) is 25.9 Å². The van der Waals surface area contributed by atoms with E-state index in [-0.39, 0.29) is 59.1 Å². The molecule has 16 heavy (non-hydrogen) atoms. The van der Waals surface area contributed by atoms with E-state index in [1.165, 1.54) is 0 Å². The van der Waals surface area contributed by atoms with Crippen molar-refractivity contribution < 1.29 is 112 Å². The van der Waals surface area contributed by atoms with Gasteiger partial charge < -0.3 is 17.5 Å². The van der Waals surface area contributed by atoms with E-state index in [1.807, 2.05) is 0 Å². The topological polar surface area (TPSA) is 181 Å². The van der Waals surface area contributed by atoms with Crippen molar-refractivity contribution in [1.29, 1.82) is 0 Å². The first kappa shape index (κ1) is 27.3. The molecule has 0 aromatic rings. The average molecular weight is 399 g/mol. The molecule has 0 aliphatic heterocycles. The van der Waals surface area contributed by atoms with Gasteiger partial charge in [0.2, 0.25) is 0 Å². The molecule has 0 aromatic heterocycles. The van der Waals surface area contributed by atoms with Gasteiger partial charge in [-0.2, -0.15) is 0 Å². The van der Waals surface area contributed by atoms with Crippen LogP contribution < -0.4 is 67.5 Å². The largest absolute Gasteiger partial charge is 1.00 e. The molecule has 0 bridgehead atoms. The van der Waals surface area contributed by atoms with Gasteiger partial charge in [0.1, 0.15) is 0 Å². The van der Waals surface area contributed by atoms with Crippen LogP contribution in [-0.4, -0.2) is 30.1 Å². The first-order chi connectivity index (χ1) is 5.94. The molecule has 0 aromatic carbocycles. The van der Waals surface area contributed by atoms with E-state index in [0.717, 1.165) is 0 Å². The van der Waals surface area contributed by atoms with Crippen molar-refractivity contribution in [2.24, 2.45) is 0 Å². The van der Waals surface area contributed by atoms with Gasteiger partial charge in [-0.1, -0.05) is 0 Å². The van der Waals surface area contributed by atoms with Crippen LogP contribution in [0.5, 0.6) is 0 Å². The first-order valence-corrected chi connectivity index (χ1v) is 9.98. The molecule has 1 N–H and O–H groups in total. The van der Waals surface area contributed by atoms with Gasteiger partial charge in [0.05, 0.1) is 0 Å². The van der Waals surface area contributed by atoms with Crippen molar-refractivity contribution in [2.45, 2.75) is 0 Å². The summed E-state index contributed by atoms with van der Waals surface area (Å²) in [5.41, 5.74) is 0. The van der Waals surface area contributed by atoms with Crippen LogP contribution in [0.4, 0.5) is 0 Å². The Labute approximate surface area is 148 Å². The molecule has 16 heteroatoms. The van der Waals surface area contributed by atoms with Crippen LogP contribution in [0.1, 0.15) is 0 Å². The third-order valence-electron chi connectivity index (χ3n) is 0.194. The van der Waals surface area contributed by atoms with Crippen LogP contribution in [0, 0.1) is 14.8 Å². The van der Waals surface area contributed by atoms with Crippen molar-refractivity contribution in [3.8, 4) is 0 Å². The number of hydrogen-bond donors (Lipinski definition) is 1. The van der Waals surface area contributed by atoms with Gasteiger partial charge in [-0.15, -0.1) is 0 Å². The van der Waals surface area contributed by atoms with Gasteiger partial charge >= 0.3 is 73.9 Å². The zero-order valence-corrected chi connectivity index (χ0v) is 16.6. The SMILES string of the molecule is O=S(=O)([O-])SSS(=O)(=O)[O-].[Na+].[Na+].[O-][Br+2]([O-])O. The van der Waals surface area contributed by atoms with E-state index in [1.54, 1.807) is 0 Å². The zero-order chi connectivity index (χ0) is 12.0. The van der Waals surface area contributed by atoms with Crippen LogP contribution >= 0.6 is 19.7 Å². The Kier molecular flexibility index (Phi) is 22.0. The van der Waals surface area contributed by atoms with Crippen molar-refractivity contribution in [1.82, 2.24) is 0 Å². The minimum atomic E-state index is -4.71. The number of hydrogen-bond acceptors (Lipinski definition) is 11. The van der Waals surface area contributed by atoms with Gasteiger partial charge in [0.25, 0.3) is 0 Å². The van der Waals surface area contributed by atoms with Crippen molar-refractivity contribution in [2.75, 3.05) is 0 Å². The number of rotatable bonds is 3. The fraction of sp³-hybridized carbons (Fsp3) is 0. The Morgan fingerprint density at radius 3 is 1.06 bits per heavy atom. The van der Waals surface area contributed by atoms with Crippen molar-refractivity contribution in [3.05, 3.63) is 0 Å². The molecule has 0 saturated carbocycles. The van der Waals surface area contributed by atoms with Gasteiger partial charge in [-0.3, -0.25) is 0 Å². The summed E-state index contributed by atoms with van der Waals surface area (Å²) in [5.74, 6) is 0. The average Bonchev–Trinajstić information content (AvgIpc) is 1.79. The fourth-order valence-electron chi connectivity index (χ4n) is 0.0680. The van der Waals surface area contributed by atoms with Gasteiger partial charge in [0.15, 0.2) is 18.3 Å². The predicted octanol–water partition coefficient (Wildman–Crippen LogP) is -9.64. The van der Waals surface area contributed by atoms with Crippen molar-refractivity contribution >= 4 is 38.0 Å². The molecular weight excluding hydrogens is 398 g/mol. The second kappa shape index (κ2) is 12.9. The summed E-state index contributed by atoms with van der Waals surface area (Å²) in [6.07, 6.45) is 0. The van der Waals surface area contributed by atoms with E-state index in [4.69, 9.17) is 12.6 Å². The second-order valence-electron chi connectivity index (χ2n) is 1.15. The van der Waals surface area contributed by atoms with Crippen LogP contribution in [0.3, 0.4) is 0 Å². The summed E-state index contributed by atoms with van der Waals surface area (Å²) in [7, 11) is -10.5. The van der Waals surface area contributed by atoms with E-state index in [0.29, 0.717) is 0 Å². The minimum absolute atomic E-state index is 0. The third-order valence-corrected chi connectivity index (χ3v) is 6.75. The molecule has 0 radical (unpaired) electrons. The molecule has 88 valence electrons. The molecule has 0 rings (SSSR count). The fourth-order valence-corrected chi connectivity index (χ4v) is 5.51. The maximum absolute atomic E-state index is 9.66. The van der Waals surface area contributed by atoms with Crippen LogP contribution in [-0.2, 0) is 18.3 Å². The Bertz CT molecular complexity index is 296. The van der Waals surface area contributed by atoms with Gasteiger partial charge in [-0.25, -0.2) is 16.8 Å². The Morgan fingerprint density at radius 2 is 1.00 bits per heavy atom. The molecule has 0 saturated heterocycles. The molecule has 0 atom stereocenters. The molecule has 0 fully saturated rings. The summed E-state index contributed by atoms with van der Waals surface area (Å²) in [6.45, 7) is 0. The summed E-state index contributed by atoms with van der Waals surface area (Å²) in [4.78, 5) is 0. The maximum Gasteiger partial charge on any atom is 1.00 e. The number of halogens is 1. The zero-order valence-electron chi connectivity index (χ0n) is 7.72. The monoisotopic (exact) mass is 398 g/mol. The quantitative estimate of drug-likeness (QED) is 0.270. The summed E-state index contributed by atoms with van der Waals surface area (Å²) < 4.78 is 82.3. The van der Waals surface area contributed by atoms with Crippen LogP contribution in [0.2, 0.25) is 0 Å². The smallest absolute Gasteiger partial charge is 0.739 e. The summed E-state index contributed by atoms with van der Waals surface area (Å²) in [6, 6.07) is 0. The molecule has 0 unspecified atom stereocenters. The molecule has 0 amide bonds. The maximum atomic E-state index is 9.66. The predicted molar refractivity (Wildman–Crippen MR) is 36.8 cm³/mol. The Balaban J connectivity index is -0.000000105. The second-order valence-corrected chi connectivity index (χ2v) is 9.62. The standard InChI is InChI=1S/BrHO3.2Na.H2O6S4/c2-1(3)4;;;1-9(2,3)7-8-10(4,5)6/h2H;;;(H,1,2,3)(H,4,5,6)/q;2*+1;/p-2. The summed E-state index contributed by atoms with van der Waals surface area (Å²) >= 11 is -3.40. The first-order valence-electron chi connectivity index (χ1n) is 1.98. The minimum Gasteiger partial charge on any atom is -0.739 e. The Hall–Kier alpha value is 2.88. The van der Waals surface area contributed by atoms with E-state index in [2.05, 4.69) is 0 Å². The third kappa shape index (κ3) is 43.6. The molecule has 9 nitrogen and oxygen atoms in total. The van der Waals surface area contributed by atoms with Crippen LogP contribution in [0.15, 0.2) is 0 Å². The molecule has 0 aliphatic carbocycles. The molecular formula is HBrNa2O9S4. The molecule has 0 aliphatic rings. The van der Waals surface area contributed by atoms with Crippen LogP contribution in [0.25, 0.3) is 0 Å². The molecule has 0 spiro atoms.